The summed E-state index contributed by atoms with van der Waals surface area (Å²) in [6.07, 6.45) is 2.12. The van der Waals surface area contributed by atoms with E-state index in [4.69, 9.17) is 10.5 Å². The van der Waals surface area contributed by atoms with Gasteiger partial charge in [0.25, 0.3) is 0 Å². The summed E-state index contributed by atoms with van der Waals surface area (Å²) in [5.74, 6) is 0.501. The Hall–Kier alpha value is -1.95. The van der Waals surface area contributed by atoms with E-state index in [1.165, 1.54) is 12.4 Å². The van der Waals surface area contributed by atoms with Crippen LogP contribution in [0, 0.1) is 5.82 Å². The second-order valence-electron chi connectivity index (χ2n) is 4.81. The molecule has 5 nitrogen and oxygen atoms in total. The first kappa shape index (κ1) is 14.5. The zero-order valence-corrected chi connectivity index (χ0v) is 11.7. The topological polar surface area (TPSA) is 66.0 Å². The molecule has 1 heterocycles. The lowest BCUT2D eigenvalue weighted by molar-refractivity contribution is 0.269. The number of aromatic nitrogens is 3. The summed E-state index contributed by atoms with van der Waals surface area (Å²) < 4.78 is 21.1. The van der Waals surface area contributed by atoms with E-state index in [-0.39, 0.29) is 24.2 Å². The molecule has 1 aromatic heterocycles. The van der Waals surface area contributed by atoms with Crippen molar-refractivity contribution in [2.24, 2.45) is 5.73 Å². The number of hydrogen-bond donors (Lipinski definition) is 1. The largest absolute Gasteiger partial charge is 0.483 e. The maximum absolute atomic E-state index is 13.9. The molecular formula is C14H19FN4O. The highest BCUT2D eigenvalue weighted by molar-refractivity contribution is 5.29. The predicted octanol–water partition coefficient (Wildman–Crippen LogP) is 2.08. The summed E-state index contributed by atoms with van der Waals surface area (Å²) in [5.41, 5.74) is 6.31. The van der Waals surface area contributed by atoms with Crippen LogP contribution in [0.1, 0.15) is 31.3 Å². The molecule has 0 bridgehead atoms. The van der Waals surface area contributed by atoms with E-state index in [0.717, 1.165) is 5.56 Å². The Morgan fingerprint density at radius 3 is 2.85 bits per heavy atom. The Kier molecular flexibility index (Phi) is 4.68. The van der Waals surface area contributed by atoms with Crippen LogP contribution in [0.15, 0.2) is 24.5 Å². The Morgan fingerprint density at radius 2 is 2.20 bits per heavy atom. The number of benzene rings is 1. The Bertz CT molecular complexity index is 568. The molecule has 2 rings (SSSR count). The average Bonchev–Trinajstić information content (AvgIpc) is 2.86. The normalized spacial score (nSPS) is 11.1. The summed E-state index contributed by atoms with van der Waals surface area (Å²) in [6.45, 7) is 4.68. The van der Waals surface area contributed by atoms with E-state index in [1.807, 2.05) is 19.9 Å². The van der Waals surface area contributed by atoms with Crippen molar-refractivity contribution in [1.29, 1.82) is 0 Å². The fraction of sp³-hybridized carbons (Fsp3) is 0.429. The van der Waals surface area contributed by atoms with Crippen LogP contribution in [0.4, 0.5) is 4.39 Å². The summed E-state index contributed by atoms with van der Waals surface area (Å²) in [6, 6.07) is 5.08. The average molecular weight is 278 g/mol. The monoisotopic (exact) mass is 278 g/mol. The van der Waals surface area contributed by atoms with Crippen LogP contribution in [0.3, 0.4) is 0 Å². The second kappa shape index (κ2) is 6.47. The summed E-state index contributed by atoms with van der Waals surface area (Å²) in [5, 5.41) is 4.11. The first-order valence-corrected chi connectivity index (χ1v) is 6.61. The summed E-state index contributed by atoms with van der Waals surface area (Å²) >= 11 is 0. The molecule has 20 heavy (non-hydrogen) atoms. The zero-order chi connectivity index (χ0) is 14.5. The van der Waals surface area contributed by atoms with Crippen molar-refractivity contribution in [2.75, 3.05) is 6.54 Å². The van der Waals surface area contributed by atoms with Crippen LogP contribution >= 0.6 is 0 Å². The van der Waals surface area contributed by atoms with Crippen molar-refractivity contribution in [1.82, 2.24) is 14.8 Å². The number of hydrogen-bond acceptors (Lipinski definition) is 4. The molecule has 0 radical (unpaired) electrons. The van der Waals surface area contributed by atoms with E-state index in [9.17, 15) is 4.39 Å². The van der Waals surface area contributed by atoms with Gasteiger partial charge in [0, 0.05) is 6.04 Å². The van der Waals surface area contributed by atoms with Crippen molar-refractivity contribution in [2.45, 2.75) is 32.9 Å². The van der Waals surface area contributed by atoms with Gasteiger partial charge in [0.15, 0.2) is 17.4 Å². The van der Waals surface area contributed by atoms with Gasteiger partial charge in [-0.05, 0) is 44.5 Å². The third-order valence-corrected chi connectivity index (χ3v) is 2.92. The highest BCUT2D eigenvalue weighted by atomic mass is 19.1. The molecule has 1 aromatic carbocycles. The minimum Gasteiger partial charge on any atom is -0.483 e. The van der Waals surface area contributed by atoms with E-state index in [1.54, 1.807) is 10.7 Å². The van der Waals surface area contributed by atoms with E-state index >= 15 is 0 Å². The number of nitrogens with two attached hydrogens (primary N) is 1. The third-order valence-electron chi connectivity index (χ3n) is 2.92. The first-order valence-electron chi connectivity index (χ1n) is 6.61. The molecule has 0 fully saturated rings. The van der Waals surface area contributed by atoms with E-state index in [0.29, 0.717) is 18.8 Å². The third kappa shape index (κ3) is 3.33. The van der Waals surface area contributed by atoms with E-state index < -0.39 is 0 Å². The minimum absolute atomic E-state index is 0.186. The first-order chi connectivity index (χ1) is 9.61. The van der Waals surface area contributed by atoms with Gasteiger partial charge in [-0.2, -0.15) is 5.10 Å². The fourth-order valence-electron chi connectivity index (χ4n) is 1.93. The van der Waals surface area contributed by atoms with Crippen LogP contribution in [-0.4, -0.2) is 21.3 Å². The molecule has 0 aliphatic carbocycles. The predicted molar refractivity (Wildman–Crippen MR) is 73.9 cm³/mol. The summed E-state index contributed by atoms with van der Waals surface area (Å²) in [4.78, 5) is 4.12. The molecule has 0 saturated carbocycles. The van der Waals surface area contributed by atoms with Crippen molar-refractivity contribution in [3.8, 4) is 5.75 Å². The lowest BCUT2D eigenvalue weighted by Gasteiger charge is -2.11. The van der Waals surface area contributed by atoms with Gasteiger partial charge in [-0.3, -0.25) is 0 Å². The molecule has 0 saturated heterocycles. The van der Waals surface area contributed by atoms with Crippen molar-refractivity contribution < 1.29 is 9.13 Å². The highest BCUT2D eigenvalue weighted by Gasteiger charge is 2.10. The second-order valence-corrected chi connectivity index (χ2v) is 4.81. The van der Waals surface area contributed by atoms with Gasteiger partial charge in [-0.15, -0.1) is 0 Å². The number of rotatable bonds is 6. The molecule has 0 amide bonds. The molecule has 0 aliphatic rings. The highest BCUT2D eigenvalue weighted by Crippen LogP contribution is 2.20. The minimum atomic E-state index is -0.383. The molecule has 0 unspecified atom stereocenters. The van der Waals surface area contributed by atoms with Gasteiger partial charge >= 0.3 is 0 Å². The SMILES string of the molecule is CC(C)n1ncnc1COc1ccc(CCN)cc1F. The van der Waals surface area contributed by atoms with Crippen molar-refractivity contribution in [3.05, 3.63) is 41.7 Å². The van der Waals surface area contributed by atoms with Crippen LogP contribution < -0.4 is 10.5 Å². The van der Waals surface area contributed by atoms with Gasteiger partial charge in [0.2, 0.25) is 0 Å². The lowest BCUT2D eigenvalue weighted by Crippen LogP contribution is -2.11. The summed E-state index contributed by atoms with van der Waals surface area (Å²) in [7, 11) is 0. The zero-order valence-electron chi connectivity index (χ0n) is 11.7. The van der Waals surface area contributed by atoms with Gasteiger partial charge in [-0.1, -0.05) is 6.07 Å². The van der Waals surface area contributed by atoms with Crippen molar-refractivity contribution >= 4 is 0 Å². The van der Waals surface area contributed by atoms with Crippen LogP contribution in [0.25, 0.3) is 0 Å². The molecule has 0 aliphatic heterocycles. The van der Waals surface area contributed by atoms with Gasteiger partial charge in [0.1, 0.15) is 12.9 Å². The van der Waals surface area contributed by atoms with Crippen LogP contribution in [0.2, 0.25) is 0 Å². The number of nitrogens with zero attached hydrogens (tertiary/aromatic N) is 3. The molecular weight excluding hydrogens is 259 g/mol. The van der Waals surface area contributed by atoms with Crippen LogP contribution in [-0.2, 0) is 13.0 Å². The number of ether oxygens (including phenoxy) is 1. The maximum Gasteiger partial charge on any atom is 0.165 e. The van der Waals surface area contributed by atoms with Gasteiger partial charge in [0.05, 0.1) is 0 Å². The molecule has 2 aromatic rings. The van der Waals surface area contributed by atoms with Gasteiger partial charge in [-0.25, -0.2) is 14.1 Å². The number of halogens is 1. The smallest absolute Gasteiger partial charge is 0.165 e. The molecule has 0 spiro atoms. The van der Waals surface area contributed by atoms with Gasteiger partial charge < -0.3 is 10.5 Å². The standard InChI is InChI=1S/C14H19FN4O/c1-10(2)19-14(17-9-18-19)8-20-13-4-3-11(5-6-16)7-12(13)15/h3-4,7,9-10H,5-6,8,16H2,1-2H3. The maximum atomic E-state index is 13.9. The van der Waals surface area contributed by atoms with Crippen LogP contribution in [0.5, 0.6) is 5.75 Å². The van der Waals surface area contributed by atoms with Crippen molar-refractivity contribution in [3.63, 3.8) is 0 Å². The molecule has 2 N–H and O–H groups in total. The molecule has 6 heteroatoms. The lowest BCUT2D eigenvalue weighted by atomic mass is 10.1. The quantitative estimate of drug-likeness (QED) is 0.878. The fourth-order valence-corrected chi connectivity index (χ4v) is 1.93. The Labute approximate surface area is 117 Å². The Balaban J connectivity index is 2.05. The van der Waals surface area contributed by atoms with E-state index in [2.05, 4.69) is 10.1 Å². The molecule has 0 atom stereocenters. The molecule has 108 valence electrons. The Morgan fingerprint density at radius 1 is 1.40 bits per heavy atom.